The number of aliphatic carboxylic acids is 1. The highest BCUT2D eigenvalue weighted by molar-refractivity contribution is 6.06. The van der Waals surface area contributed by atoms with E-state index in [1.165, 1.54) is 4.90 Å². The van der Waals surface area contributed by atoms with Crippen molar-refractivity contribution in [3.63, 3.8) is 0 Å². The Balaban J connectivity index is 0.000000505. The molecule has 0 aliphatic carbocycles. The van der Waals surface area contributed by atoms with Crippen molar-refractivity contribution in [3.05, 3.63) is 29.8 Å². The first kappa shape index (κ1) is 22.5. The standard InChI is InChI=1S/C18H20F4N4O2.C2HF3O2/c1-25-12-3-11(4-13(25)8-28-7-12)24-17(27)15-6-26(9-18(20,21)22)16-14(15)2-10(19)5-23-16;3-2(4,5)1(6)7/h2,5-6,11-13H,3-4,7-9H2,1H3,(H,24,27);(H,6,7)/t11-,12-,13+;/i1D3;. The second-order valence-corrected chi connectivity index (χ2v) is 8.01. The zero-order valence-corrected chi connectivity index (χ0v) is 17.7. The van der Waals surface area contributed by atoms with Crippen molar-refractivity contribution in [2.75, 3.05) is 20.2 Å². The summed E-state index contributed by atoms with van der Waals surface area (Å²) in [5.41, 5.74) is -0.266. The van der Waals surface area contributed by atoms with Crippen LogP contribution >= 0.6 is 0 Å². The molecular weight excluding hydrogens is 493 g/mol. The van der Waals surface area contributed by atoms with Gasteiger partial charge >= 0.3 is 18.3 Å². The average molecular weight is 517 g/mol. The fourth-order valence-corrected chi connectivity index (χ4v) is 3.94. The molecule has 1 amide bonds. The minimum atomic E-state index is -5.08. The fraction of sp³-hybridized carbons (Fsp3) is 0.550. The zero-order valence-electron chi connectivity index (χ0n) is 20.7. The molecule has 35 heavy (non-hydrogen) atoms. The molecule has 2 bridgehead atoms. The summed E-state index contributed by atoms with van der Waals surface area (Å²) >= 11 is 0. The molecule has 2 N–H and O–H groups in total. The summed E-state index contributed by atoms with van der Waals surface area (Å²) in [5, 5.41) is 9.88. The van der Waals surface area contributed by atoms with Crippen LogP contribution in [0.1, 0.15) is 27.3 Å². The normalized spacial score (nSPS) is 24.5. The molecule has 15 heteroatoms. The summed E-state index contributed by atoms with van der Waals surface area (Å²) in [6, 6.07) is -0.260. The Bertz CT molecular complexity index is 1170. The molecule has 2 aromatic rings. The van der Waals surface area contributed by atoms with Gasteiger partial charge in [-0.1, -0.05) is 0 Å². The Morgan fingerprint density at radius 3 is 2.34 bits per heavy atom. The van der Waals surface area contributed by atoms with Gasteiger partial charge in [0.05, 0.1) is 25.0 Å². The number of aromatic nitrogens is 2. The van der Waals surface area contributed by atoms with E-state index in [9.17, 15) is 35.5 Å². The van der Waals surface area contributed by atoms with Crippen LogP contribution in [-0.2, 0) is 16.1 Å². The van der Waals surface area contributed by atoms with Crippen molar-refractivity contribution in [1.29, 1.82) is 0 Å². The number of piperidine rings is 1. The van der Waals surface area contributed by atoms with E-state index in [4.69, 9.17) is 18.8 Å². The molecule has 0 aromatic carbocycles. The summed E-state index contributed by atoms with van der Waals surface area (Å²) in [5.74, 6) is -4.19. The van der Waals surface area contributed by atoms with E-state index < -0.39 is 61.7 Å². The summed E-state index contributed by atoms with van der Waals surface area (Å²) in [6.45, 7) is -3.24. The molecule has 2 aromatic heterocycles. The fourth-order valence-electron chi connectivity index (χ4n) is 3.94. The van der Waals surface area contributed by atoms with Crippen molar-refractivity contribution in [2.24, 2.45) is 0 Å². The monoisotopic (exact) mass is 517 g/mol. The lowest BCUT2D eigenvalue weighted by molar-refractivity contribution is -0.192. The van der Waals surface area contributed by atoms with Crippen molar-refractivity contribution in [3.8, 4) is 0 Å². The van der Waals surface area contributed by atoms with Crippen molar-refractivity contribution < 1.29 is 54.3 Å². The number of pyridine rings is 1. The van der Waals surface area contributed by atoms with Crippen molar-refractivity contribution in [1.82, 2.24) is 19.8 Å². The minimum absolute atomic E-state index is 0.0230. The number of amides is 1. The van der Waals surface area contributed by atoms with Crippen molar-refractivity contribution in [2.45, 2.75) is 49.9 Å². The maximum atomic E-state index is 13.7. The number of nitrogens with one attached hydrogen (secondary N) is 1. The molecule has 194 valence electrons. The van der Waals surface area contributed by atoms with Gasteiger partial charge in [-0.2, -0.15) is 26.3 Å². The van der Waals surface area contributed by atoms with E-state index in [1.807, 2.05) is 0 Å². The highest BCUT2D eigenvalue weighted by atomic mass is 19.4. The molecule has 0 radical (unpaired) electrons. The number of carboxylic acid groups (broad SMARTS) is 1. The number of halogens is 7. The number of fused-ring (bicyclic) bond motifs is 3. The molecule has 2 aliphatic rings. The van der Waals surface area contributed by atoms with E-state index in [0.717, 1.165) is 23.0 Å². The Labute approximate surface area is 197 Å². The number of carboxylic acids is 1. The number of rotatable bonds is 3. The molecule has 2 saturated heterocycles. The molecule has 4 heterocycles. The maximum Gasteiger partial charge on any atom is 0.490 e. The number of alkyl halides is 6. The van der Waals surface area contributed by atoms with Crippen LogP contribution in [0.15, 0.2) is 18.5 Å². The van der Waals surface area contributed by atoms with Crippen LogP contribution < -0.4 is 5.32 Å². The lowest BCUT2D eigenvalue weighted by Crippen LogP contribution is -2.59. The van der Waals surface area contributed by atoms with Crippen LogP contribution in [0.5, 0.6) is 0 Å². The number of morpholine rings is 1. The molecule has 0 saturated carbocycles. The highest BCUT2D eigenvalue weighted by Gasteiger charge is 2.39. The van der Waals surface area contributed by atoms with E-state index in [1.54, 1.807) is 0 Å². The van der Waals surface area contributed by atoms with Gasteiger partial charge in [-0.25, -0.2) is 14.2 Å². The topological polar surface area (TPSA) is 96.7 Å². The number of ether oxygens (including phenoxy) is 1. The van der Waals surface area contributed by atoms with Gasteiger partial charge in [-0.15, -0.1) is 0 Å². The lowest BCUT2D eigenvalue weighted by atomic mass is 9.90. The van der Waals surface area contributed by atoms with Crippen LogP contribution in [0.2, 0.25) is 0 Å². The Kier molecular flexibility index (Phi) is 6.41. The van der Waals surface area contributed by atoms with Gasteiger partial charge in [0.2, 0.25) is 0 Å². The lowest BCUT2D eigenvalue weighted by Gasteiger charge is -2.46. The van der Waals surface area contributed by atoms with Crippen LogP contribution in [0.25, 0.3) is 11.0 Å². The summed E-state index contributed by atoms with van der Waals surface area (Å²) in [7, 11) is 0. The molecule has 3 atom stereocenters. The van der Waals surface area contributed by atoms with Crippen LogP contribution in [-0.4, -0.2) is 82.1 Å². The molecule has 8 nitrogen and oxygen atoms in total. The predicted octanol–water partition coefficient (Wildman–Crippen LogP) is 2.96. The second kappa shape index (κ2) is 9.97. The quantitative estimate of drug-likeness (QED) is 0.608. The third-order valence-electron chi connectivity index (χ3n) is 5.37. The Hall–Kier alpha value is -2.94. The van der Waals surface area contributed by atoms with E-state index in [2.05, 4.69) is 10.3 Å². The first-order valence-corrected chi connectivity index (χ1v) is 10.0. The van der Waals surface area contributed by atoms with Gasteiger partial charge in [-0.05, 0) is 25.9 Å². The SMILES string of the molecule is O=C(O)C(F)(F)F.[2H]C([2H])([2H])N1[C@@H]2COC[C@H]1C[C@@H](NC(=O)c1cn(CC(F)(F)F)c3ncc(F)cc13)C2. The van der Waals surface area contributed by atoms with Gasteiger partial charge in [-0.3, -0.25) is 9.69 Å². The van der Waals surface area contributed by atoms with Crippen LogP contribution in [0, 0.1) is 5.82 Å². The van der Waals surface area contributed by atoms with Gasteiger partial charge in [0.1, 0.15) is 18.0 Å². The summed E-state index contributed by atoms with van der Waals surface area (Å²) in [6.07, 6.45) is -7.19. The van der Waals surface area contributed by atoms with Gasteiger partial charge < -0.3 is 19.7 Å². The number of hydrogen-bond donors (Lipinski definition) is 2. The largest absolute Gasteiger partial charge is 0.490 e. The smallest absolute Gasteiger partial charge is 0.475 e. The summed E-state index contributed by atoms with van der Waals surface area (Å²) in [4.78, 5) is 26.9. The van der Waals surface area contributed by atoms with Crippen LogP contribution in [0.3, 0.4) is 0 Å². The zero-order chi connectivity index (χ0) is 28.6. The molecule has 2 fully saturated rings. The molecule has 2 aliphatic heterocycles. The number of likely N-dealkylation sites (N-methyl/N-ethyl adjacent to an activating group) is 1. The maximum absolute atomic E-state index is 13.7. The Morgan fingerprint density at radius 1 is 1.23 bits per heavy atom. The summed E-state index contributed by atoms with van der Waals surface area (Å²) < 4.78 is 114. The van der Waals surface area contributed by atoms with Crippen LogP contribution in [0.4, 0.5) is 30.7 Å². The molecule has 0 unspecified atom stereocenters. The van der Waals surface area contributed by atoms with Gasteiger partial charge in [0, 0.05) is 33.8 Å². The highest BCUT2D eigenvalue weighted by Crippen LogP contribution is 2.28. The van der Waals surface area contributed by atoms with Gasteiger partial charge in [0.25, 0.3) is 5.91 Å². The van der Waals surface area contributed by atoms with Crippen molar-refractivity contribution >= 4 is 22.9 Å². The number of hydrogen-bond acceptors (Lipinski definition) is 5. The number of carbonyl (C=O) groups excluding carboxylic acids is 1. The predicted molar refractivity (Wildman–Crippen MR) is 106 cm³/mol. The van der Waals surface area contributed by atoms with Gasteiger partial charge in [0.15, 0.2) is 0 Å². The first-order chi connectivity index (χ1) is 17.4. The average Bonchev–Trinajstić information content (AvgIpc) is 3.08. The van der Waals surface area contributed by atoms with E-state index in [-0.39, 0.29) is 29.8 Å². The van der Waals surface area contributed by atoms with E-state index in [0.29, 0.717) is 12.8 Å². The minimum Gasteiger partial charge on any atom is -0.475 e. The molecule has 0 spiro atoms. The number of nitrogens with zero attached hydrogens (tertiary/aromatic N) is 3. The third-order valence-corrected chi connectivity index (χ3v) is 5.37. The second-order valence-electron chi connectivity index (χ2n) is 8.01. The Morgan fingerprint density at radius 2 is 1.83 bits per heavy atom. The molecule has 4 rings (SSSR count). The number of carbonyl (C=O) groups is 2. The molecular formula is C20H21F7N4O4. The first-order valence-electron chi connectivity index (χ1n) is 11.5. The van der Waals surface area contributed by atoms with E-state index >= 15 is 0 Å². The third kappa shape index (κ3) is 6.60.